The van der Waals surface area contributed by atoms with Crippen LogP contribution < -0.4 is 0 Å². The highest BCUT2D eigenvalue weighted by molar-refractivity contribution is 9.15. The van der Waals surface area contributed by atoms with E-state index in [2.05, 4.69) is 20.9 Å². The lowest BCUT2D eigenvalue weighted by atomic mass is 10.3. The van der Waals surface area contributed by atoms with Crippen molar-refractivity contribution in [3.05, 3.63) is 29.3 Å². The highest BCUT2D eigenvalue weighted by atomic mass is 79.9. The predicted octanol–water partition coefficient (Wildman–Crippen LogP) is 2.86. The van der Waals surface area contributed by atoms with Crippen LogP contribution in [-0.2, 0) is 4.79 Å². The summed E-state index contributed by atoms with van der Waals surface area (Å²) in [5, 5.41) is 0.677. The lowest BCUT2D eigenvalue weighted by Crippen LogP contribution is -1.72. The van der Waals surface area contributed by atoms with E-state index in [0.29, 0.717) is 9.49 Å². The number of hydrogen-bond acceptors (Lipinski definition) is 3. The molecule has 2 nitrogen and oxygen atoms in total. The summed E-state index contributed by atoms with van der Waals surface area (Å²) in [5.74, 6) is 1.77. The van der Waals surface area contributed by atoms with Crippen molar-refractivity contribution in [2.45, 2.75) is 0 Å². The van der Waals surface area contributed by atoms with Gasteiger partial charge < -0.3 is 0 Å². The number of rotatable bonds is 1. The maximum atomic E-state index is 10.3. The maximum Gasteiger partial charge on any atom is 0.143 e. The monoisotopic (exact) mass is 253 g/mol. The van der Waals surface area contributed by atoms with Crippen LogP contribution >= 0.6 is 27.3 Å². The minimum Gasteiger partial charge on any atom is -0.235 e. The van der Waals surface area contributed by atoms with E-state index in [9.17, 15) is 4.79 Å². The molecule has 1 aromatic heterocycles. The Bertz CT molecular complexity index is 466. The van der Waals surface area contributed by atoms with Gasteiger partial charge in [-0.25, -0.2) is 9.78 Å². The Morgan fingerprint density at radius 2 is 2.23 bits per heavy atom. The van der Waals surface area contributed by atoms with Crippen molar-refractivity contribution in [2.75, 3.05) is 0 Å². The molecule has 1 aromatic carbocycles. The third kappa shape index (κ3) is 1.56. The first kappa shape index (κ1) is 8.63. The average Bonchev–Trinajstić information content (AvgIpc) is 2.59. The van der Waals surface area contributed by atoms with Crippen LogP contribution in [0.2, 0.25) is 0 Å². The summed E-state index contributed by atoms with van der Waals surface area (Å²) < 4.78 is 1.46. The van der Waals surface area contributed by atoms with E-state index in [1.165, 1.54) is 11.3 Å². The molecule has 13 heavy (non-hydrogen) atoms. The zero-order valence-electron chi connectivity index (χ0n) is 6.45. The Balaban J connectivity index is 2.69. The van der Waals surface area contributed by atoms with Crippen LogP contribution in [0.1, 0.15) is 5.01 Å². The van der Waals surface area contributed by atoms with Crippen LogP contribution in [-0.4, -0.2) is 10.9 Å². The van der Waals surface area contributed by atoms with Gasteiger partial charge in [-0.1, -0.05) is 12.1 Å². The molecule has 2 aromatic rings. The minimum absolute atomic E-state index is 0.383. The molecule has 0 aliphatic carbocycles. The number of halogens is 1. The molecule has 1 heterocycles. The summed E-state index contributed by atoms with van der Waals surface area (Å²) in [4.78, 5) is 14.6. The number of para-hydroxylation sites is 1. The van der Waals surface area contributed by atoms with Crippen molar-refractivity contribution in [1.29, 1.82) is 0 Å². The molecule has 0 spiro atoms. The van der Waals surface area contributed by atoms with Gasteiger partial charge in [-0.15, -0.1) is 11.3 Å². The van der Waals surface area contributed by atoms with Gasteiger partial charge >= 0.3 is 0 Å². The number of fused-ring (bicyclic) bond motifs is 1. The van der Waals surface area contributed by atoms with E-state index in [0.717, 1.165) is 10.2 Å². The molecule has 4 heteroatoms. The molecule has 0 bridgehead atoms. The Kier molecular flexibility index (Phi) is 2.27. The van der Waals surface area contributed by atoms with Gasteiger partial charge in [-0.3, -0.25) is 0 Å². The average molecular weight is 254 g/mol. The van der Waals surface area contributed by atoms with E-state index < -0.39 is 0 Å². The van der Waals surface area contributed by atoms with Gasteiger partial charge in [0.25, 0.3) is 0 Å². The van der Waals surface area contributed by atoms with Crippen molar-refractivity contribution in [3.63, 3.8) is 0 Å². The number of carbonyl (C=O) groups excluding carboxylic acids is 1. The maximum absolute atomic E-state index is 10.3. The summed E-state index contributed by atoms with van der Waals surface area (Å²) in [6, 6.07) is 7.76. The highest BCUT2D eigenvalue weighted by Crippen LogP contribution is 2.28. The molecule has 0 saturated heterocycles. The molecule has 0 saturated carbocycles. The third-order valence-electron chi connectivity index (χ3n) is 1.57. The molecule has 0 fully saturated rings. The molecule has 64 valence electrons. The van der Waals surface area contributed by atoms with Gasteiger partial charge in [0.1, 0.15) is 15.4 Å². The number of benzene rings is 1. The summed E-state index contributed by atoms with van der Waals surface area (Å²) in [5.41, 5.74) is 0.912. The van der Waals surface area contributed by atoms with E-state index in [-0.39, 0.29) is 0 Å². The second-order valence-electron chi connectivity index (χ2n) is 2.40. The van der Waals surface area contributed by atoms with Crippen LogP contribution in [0.4, 0.5) is 0 Å². The second-order valence-corrected chi connectivity index (χ2v) is 4.23. The summed E-state index contributed by atoms with van der Waals surface area (Å²) in [6.45, 7) is 0. The number of nitrogens with zero attached hydrogens (tertiary/aromatic N) is 1. The molecule has 0 amide bonds. The summed E-state index contributed by atoms with van der Waals surface area (Å²) >= 11 is 4.58. The topological polar surface area (TPSA) is 30.0 Å². The Morgan fingerprint density at radius 1 is 1.46 bits per heavy atom. The van der Waals surface area contributed by atoms with Crippen LogP contribution in [0, 0.1) is 0 Å². The number of thiazole rings is 1. The zero-order valence-corrected chi connectivity index (χ0v) is 8.85. The summed E-state index contributed by atoms with van der Waals surface area (Å²) in [6.07, 6.45) is 0. The SMILES string of the molecule is O=C=C(Br)c1nc2ccccc2s1. The largest absolute Gasteiger partial charge is 0.235 e. The predicted molar refractivity (Wildman–Crippen MR) is 57.6 cm³/mol. The number of hydrogen-bond donors (Lipinski definition) is 0. The molecule has 0 atom stereocenters. The van der Waals surface area contributed by atoms with Gasteiger partial charge in [0.15, 0.2) is 0 Å². The van der Waals surface area contributed by atoms with Crippen molar-refractivity contribution >= 4 is 47.9 Å². The molecule has 2 rings (SSSR count). The van der Waals surface area contributed by atoms with Gasteiger partial charge in [-0.05, 0) is 28.1 Å². The molecule has 0 radical (unpaired) electrons. The molecule has 0 aliphatic rings. The lowest BCUT2D eigenvalue weighted by Gasteiger charge is -1.81. The van der Waals surface area contributed by atoms with Crippen LogP contribution in [0.15, 0.2) is 24.3 Å². The van der Waals surface area contributed by atoms with Crippen molar-refractivity contribution < 1.29 is 4.79 Å². The Labute approximate surface area is 87.0 Å². The van der Waals surface area contributed by atoms with Crippen LogP contribution in [0.5, 0.6) is 0 Å². The molecule has 0 unspecified atom stereocenters. The second kappa shape index (κ2) is 3.42. The van der Waals surface area contributed by atoms with Crippen molar-refractivity contribution in [2.24, 2.45) is 0 Å². The molecular formula is C9H4BrNOS. The first-order valence-electron chi connectivity index (χ1n) is 3.58. The van der Waals surface area contributed by atoms with E-state index in [4.69, 9.17) is 0 Å². The van der Waals surface area contributed by atoms with Gasteiger partial charge in [0.2, 0.25) is 0 Å². The number of aromatic nitrogens is 1. The van der Waals surface area contributed by atoms with Crippen molar-refractivity contribution in [3.8, 4) is 0 Å². The first-order valence-corrected chi connectivity index (χ1v) is 5.19. The van der Waals surface area contributed by atoms with Gasteiger partial charge in [0.05, 0.1) is 10.2 Å². The lowest BCUT2D eigenvalue weighted by molar-refractivity contribution is 0.570. The quantitative estimate of drug-likeness (QED) is 0.732. The fraction of sp³-hybridized carbons (Fsp3) is 0. The third-order valence-corrected chi connectivity index (χ3v) is 3.43. The summed E-state index contributed by atoms with van der Waals surface area (Å²) in [7, 11) is 0. The fourth-order valence-electron chi connectivity index (χ4n) is 1.01. The highest BCUT2D eigenvalue weighted by Gasteiger charge is 2.05. The van der Waals surface area contributed by atoms with Crippen LogP contribution in [0.25, 0.3) is 14.7 Å². The van der Waals surface area contributed by atoms with Gasteiger partial charge in [0, 0.05) is 0 Å². The van der Waals surface area contributed by atoms with Gasteiger partial charge in [-0.2, -0.15) is 0 Å². The molecular weight excluding hydrogens is 250 g/mol. The normalized spacial score (nSPS) is 9.92. The zero-order chi connectivity index (χ0) is 9.26. The van der Waals surface area contributed by atoms with Crippen LogP contribution in [0.3, 0.4) is 0 Å². The molecule has 0 N–H and O–H groups in total. The van der Waals surface area contributed by atoms with E-state index in [1.54, 1.807) is 5.94 Å². The fourth-order valence-corrected chi connectivity index (χ4v) is 2.19. The van der Waals surface area contributed by atoms with E-state index in [1.807, 2.05) is 24.3 Å². The smallest absolute Gasteiger partial charge is 0.143 e. The van der Waals surface area contributed by atoms with E-state index >= 15 is 0 Å². The Hall–Kier alpha value is -0.960. The standard InChI is InChI=1S/C9H4BrNOS/c10-6(5-12)9-11-7-3-1-2-4-8(7)13-9/h1-4H. The first-order chi connectivity index (χ1) is 6.31. The van der Waals surface area contributed by atoms with Crippen molar-refractivity contribution in [1.82, 2.24) is 4.98 Å². The molecule has 0 aliphatic heterocycles. The minimum atomic E-state index is 0.383. The Morgan fingerprint density at radius 3 is 2.92 bits per heavy atom.